The van der Waals surface area contributed by atoms with Crippen LogP contribution in [0.3, 0.4) is 0 Å². The van der Waals surface area contributed by atoms with Crippen molar-refractivity contribution >= 4 is 29.1 Å². The van der Waals surface area contributed by atoms with Crippen LogP contribution in [0.25, 0.3) is 22.7 Å². The van der Waals surface area contributed by atoms with E-state index in [0.29, 0.717) is 33.9 Å². The Bertz CT molecular complexity index is 1240. The molecular weight excluding hydrogens is 404 g/mol. The van der Waals surface area contributed by atoms with Gasteiger partial charge in [-0.05, 0) is 42.8 Å². The van der Waals surface area contributed by atoms with Crippen LogP contribution in [-0.2, 0) is 4.79 Å². The van der Waals surface area contributed by atoms with Crippen LogP contribution in [-0.4, -0.2) is 27.5 Å². The second-order valence-corrected chi connectivity index (χ2v) is 7.35. The number of thiazole rings is 1. The standard InChI is InChI=1S/C21H16N4O4S/c1-13-9-19(25(24-13)21-22-15(11-30-21)16-3-2-8-27-16)23-20(26)7-5-14-4-6-17-18(10-14)29-12-28-17/h2-11H,12H2,1H3,(H,23,26)/b7-5-. The monoisotopic (exact) mass is 420 g/mol. The van der Waals surface area contributed by atoms with Crippen molar-refractivity contribution in [1.29, 1.82) is 0 Å². The number of aromatic nitrogens is 3. The van der Waals surface area contributed by atoms with Gasteiger partial charge in [0.25, 0.3) is 0 Å². The zero-order valence-corrected chi connectivity index (χ0v) is 16.7. The topological polar surface area (TPSA) is 91.4 Å². The Morgan fingerprint density at radius 3 is 3.00 bits per heavy atom. The molecule has 0 fully saturated rings. The third kappa shape index (κ3) is 3.58. The molecule has 30 heavy (non-hydrogen) atoms. The van der Waals surface area contributed by atoms with E-state index in [1.54, 1.807) is 23.1 Å². The zero-order chi connectivity index (χ0) is 20.5. The number of nitrogens with one attached hydrogen (secondary N) is 1. The Kier molecular flexibility index (Phi) is 4.56. The van der Waals surface area contributed by atoms with Gasteiger partial charge in [-0.15, -0.1) is 11.3 Å². The van der Waals surface area contributed by atoms with Crippen molar-refractivity contribution in [2.24, 2.45) is 0 Å². The molecule has 0 aliphatic carbocycles. The first kappa shape index (κ1) is 18.2. The van der Waals surface area contributed by atoms with Gasteiger partial charge in [-0.1, -0.05) is 6.07 Å². The van der Waals surface area contributed by atoms with Gasteiger partial charge in [0.15, 0.2) is 17.3 Å². The smallest absolute Gasteiger partial charge is 0.249 e. The van der Waals surface area contributed by atoms with Gasteiger partial charge in [-0.3, -0.25) is 4.79 Å². The fraction of sp³-hybridized carbons (Fsp3) is 0.0952. The summed E-state index contributed by atoms with van der Waals surface area (Å²) in [5.74, 6) is 2.30. The van der Waals surface area contributed by atoms with Crippen molar-refractivity contribution in [2.75, 3.05) is 12.1 Å². The fourth-order valence-corrected chi connectivity index (χ4v) is 3.77. The van der Waals surface area contributed by atoms with Crippen molar-refractivity contribution < 1.29 is 18.7 Å². The molecule has 0 saturated carbocycles. The first-order valence-corrected chi connectivity index (χ1v) is 9.99. The number of benzene rings is 1. The number of fused-ring (bicyclic) bond motifs is 1. The molecule has 5 rings (SSSR count). The lowest BCUT2D eigenvalue weighted by Gasteiger charge is -2.04. The van der Waals surface area contributed by atoms with Gasteiger partial charge < -0.3 is 19.2 Å². The lowest BCUT2D eigenvalue weighted by molar-refractivity contribution is -0.111. The highest BCUT2D eigenvalue weighted by atomic mass is 32.1. The average molecular weight is 420 g/mol. The molecule has 1 aromatic carbocycles. The third-order valence-corrected chi connectivity index (χ3v) is 5.17. The van der Waals surface area contributed by atoms with E-state index in [9.17, 15) is 4.79 Å². The number of furan rings is 1. The van der Waals surface area contributed by atoms with Gasteiger partial charge in [0.2, 0.25) is 17.8 Å². The number of carbonyl (C=O) groups is 1. The highest BCUT2D eigenvalue weighted by molar-refractivity contribution is 7.12. The van der Waals surface area contributed by atoms with Gasteiger partial charge in [-0.2, -0.15) is 9.78 Å². The second kappa shape index (κ2) is 7.53. The molecule has 0 atom stereocenters. The molecule has 0 unspecified atom stereocenters. The van der Waals surface area contributed by atoms with Crippen LogP contribution in [0.15, 0.2) is 58.5 Å². The van der Waals surface area contributed by atoms with Crippen LogP contribution in [0.2, 0.25) is 0 Å². The summed E-state index contributed by atoms with van der Waals surface area (Å²) in [6.45, 7) is 2.07. The maximum absolute atomic E-state index is 12.5. The number of nitrogens with zero attached hydrogens (tertiary/aromatic N) is 3. The molecule has 0 saturated heterocycles. The molecule has 4 aromatic rings. The van der Waals surface area contributed by atoms with Gasteiger partial charge in [0.05, 0.1) is 12.0 Å². The maximum Gasteiger partial charge on any atom is 0.249 e. The number of hydrogen-bond donors (Lipinski definition) is 1. The van der Waals surface area contributed by atoms with Crippen molar-refractivity contribution in [2.45, 2.75) is 6.92 Å². The number of carbonyl (C=O) groups excluding carboxylic acids is 1. The summed E-state index contributed by atoms with van der Waals surface area (Å²) < 4.78 is 17.7. The molecular formula is C21H16N4O4S. The predicted octanol–water partition coefficient (Wildman–Crippen LogP) is 4.28. The molecule has 8 nitrogen and oxygen atoms in total. The highest BCUT2D eigenvalue weighted by Crippen LogP contribution is 2.33. The average Bonchev–Trinajstić information content (AvgIpc) is 3.51. The van der Waals surface area contributed by atoms with Crippen LogP contribution in [0, 0.1) is 6.92 Å². The van der Waals surface area contributed by atoms with E-state index in [0.717, 1.165) is 11.3 Å². The minimum atomic E-state index is -0.281. The minimum Gasteiger partial charge on any atom is -0.463 e. The summed E-state index contributed by atoms with van der Waals surface area (Å²) in [6, 6.07) is 10.9. The first-order chi connectivity index (χ1) is 14.7. The molecule has 1 N–H and O–H groups in total. The number of aryl methyl sites for hydroxylation is 1. The van der Waals surface area contributed by atoms with Gasteiger partial charge in [-0.25, -0.2) is 4.98 Å². The molecule has 0 radical (unpaired) electrons. The van der Waals surface area contributed by atoms with E-state index in [2.05, 4.69) is 15.4 Å². The minimum absolute atomic E-state index is 0.213. The van der Waals surface area contributed by atoms with E-state index < -0.39 is 0 Å². The first-order valence-electron chi connectivity index (χ1n) is 9.11. The molecule has 0 spiro atoms. The van der Waals surface area contributed by atoms with Crippen LogP contribution in [0.4, 0.5) is 5.82 Å². The summed E-state index contributed by atoms with van der Waals surface area (Å²) in [5, 5.41) is 9.82. The number of hydrogen-bond acceptors (Lipinski definition) is 7. The van der Waals surface area contributed by atoms with Crippen molar-refractivity contribution in [3.8, 4) is 28.1 Å². The fourth-order valence-electron chi connectivity index (χ4n) is 2.99. The second-order valence-electron chi connectivity index (χ2n) is 6.51. The SMILES string of the molecule is Cc1cc(NC(=O)/C=C\c2ccc3c(c2)OCO3)n(-c2nc(-c3ccco3)cs2)n1. The molecule has 1 aliphatic rings. The summed E-state index contributed by atoms with van der Waals surface area (Å²) in [7, 11) is 0. The van der Waals surface area contributed by atoms with Crippen LogP contribution in [0.5, 0.6) is 11.5 Å². The van der Waals surface area contributed by atoms with Crippen LogP contribution in [0.1, 0.15) is 11.3 Å². The van der Waals surface area contributed by atoms with Crippen molar-refractivity contribution in [1.82, 2.24) is 14.8 Å². The Labute approximate surface area is 175 Å². The number of amides is 1. The van der Waals surface area contributed by atoms with E-state index in [4.69, 9.17) is 13.9 Å². The summed E-state index contributed by atoms with van der Waals surface area (Å²) >= 11 is 1.41. The molecule has 150 valence electrons. The van der Waals surface area contributed by atoms with Gasteiger partial charge in [0, 0.05) is 17.5 Å². The highest BCUT2D eigenvalue weighted by Gasteiger charge is 2.15. The molecule has 9 heteroatoms. The van der Waals surface area contributed by atoms with Crippen LogP contribution >= 0.6 is 11.3 Å². The van der Waals surface area contributed by atoms with Gasteiger partial charge >= 0.3 is 0 Å². The Morgan fingerprint density at radius 2 is 2.13 bits per heavy atom. The lowest BCUT2D eigenvalue weighted by Crippen LogP contribution is -2.12. The Morgan fingerprint density at radius 1 is 1.23 bits per heavy atom. The quantitative estimate of drug-likeness (QED) is 0.485. The summed E-state index contributed by atoms with van der Waals surface area (Å²) in [5.41, 5.74) is 2.31. The zero-order valence-electron chi connectivity index (χ0n) is 15.9. The number of anilines is 1. The number of ether oxygens (including phenoxy) is 2. The molecule has 3 aromatic heterocycles. The van der Waals surface area contributed by atoms with E-state index in [1.165, 1.54) is 17.4 Å². The molecule has 0 bridgehead atoms. The summed E-state index contributed by atoms with van der Waals surface area (Å²) in [6.07, 6.45) is 4.77. The van der Waals surface area contributed by atoms with E-state index >= 15 is 0 Å². The van der Waals surface area contributed by atoms with E-state index in [1.807, 2.05) is 42.6 Å². The van der Waals surface area contributed by atoms with Gasteiger partial charge in [0.1, 0.15) is 11.5 Å². The Hall–Kier alpha value is -3.85. The molecule has 1 aliphatic heterocycles. The Balaban J connectivity index is 1.33. The lowest BCUT2D eigenvalue weighted by atomic mass is 10.2. The van der Waals surface area contributed by atoms with Crippen molar-refractivity contribution in [3.63, 3.8) is 0 Å². The molecule has 1 amide bonds. The molecule has 4 heterocycles. The third-order valence-electron chi connectivity index (χ3n) is 4.35. The number of rotatable bonds is 5. The maximum atomic E-state index is 12.5. The largest absolute Gasteiger partial charge is 0.463 e. The summed E-state index contributed by atoms with van der Waals surface area (Å²) in [4.78, 5) is 17.0. The van der Waals surface area contributed by atoms with Crippen LogP contribution < -0.4 is 14.8 Å². The van der Waals surface area contributed by atoms with Crippen molar-refractivity contribution in [3.05, 3.63) is 65.4 Å². The normalized spacial score (nSPS) is 12.6. The predicted molar refractivity (Wildman–Crippen MR) is 112 cm³/mol. The van der Waals surface area contributed by atoms with E-state index in [-0.39, 0.29) is 12.7 Å².